The zero-order valence-electron chi connectivity index (χ0n) is 15.0. The minimum absolute atomic E-state index is 0.231. The molecular weight excluding hydrogens is 373 g/mol. The summed E-state index contributed by atoms with van der Waals surface area (Å²) in [6.07, 6.45) is 1.29. The summed E-state index contributed by atoms with van der Waals surface area (Å²) in [4.78, 5) is 13.1. The lowest BCUT2D eigenvalue weighted by Gasteiger charge is -2.13. The number of halogens is 1. The molecule has 2 rings (SSSR count). The average Bonchev–Trinajstić information content (AvgIpc) is 2.60. The van der Waals surface area contributed by atoms with Gasteiger partial charge < -0.3 is 4.74 Å². The van der Waals surface area contributed by atoms with Gasteiger partial charge in [0.1, 0.15) is 16.8 Å². The monoisotopic (exact) mass is 393 g/mol. The molecule has 0 heterocycles. The molecule has 138 valence electrons. The van der Waals surface area contributed by atoms with Crippen LogP contribution in [0.15, 0.2) is 56.7 Å². The number of hydrogen-bond acceptors (Lipinski definition) is 4. The molecule has 2 aromatic rings. The van der Waals surface area contributed by atoms with E-state index in [1.807, 2.05) is 0 Å². The van der Waals surface area contributed by atoms with Crippen molar-refractivity contribution < 1.29 is 18.1 Å². The van der Waals surface area contributed by atoms with Gasteiger partial charge in [0.25, 0.3) is 0 Å². The number of hydrogen-bond donors (Lipinski definition) is 0. The van der Waals surface area contributed by atoms with Crippen LogP contribution in [0.2, 0.25) is 0 Å². The summed E-state index contributed by atoms with van der Waals surface area (Å²) in [7, 11) is -0.183. The van der Waals surface area contributed by atoms with E-state index in [1.54, 1.807) is 57.2 Å². The smallest absolute Gasteiger partial charge is 0.339 e. The molecule has 2 aromatic carbocycles. The molecule has 26 heavy (non-hydrogen) atoms. The summed E-state index contributed by atoms with van der Waals surface area (Å²) in [5.74, 6) is -0.936. The van der Waals surface area contributed by atoms with Gasteiger partial charge in [-0.15, -0.1) is 0 Å². The van der Waals surface area contributed by atoms with Crippen LogP contribution < -0.4 is 0 Å². The number of rotatable bonds is 5. The normalized spacial score (nSPS) is 13.0. The zero-order chi connectivity index (χ0) is 19.3. The summed E-state index contributed by atoms with van der Waals surface area (Å²) in [5, 5.41) is 0. The molecule has 0 radical (unpaired) electrons. The molecular formula is C19H20FNO3S2. The fourth-order valence-electron chi connectivity index (χ4n) is 1.94. The lowest BCUT2D eigenvalue weighted by Crippen LogP contribution is -2.19. The number of benzene rings is 2. The Morgan fingerprint density at radius 2 is 1.81 bits per heavy atom. The maximum Gasteiger partial charge on any atom is 0.339 e. The highest BCUT2D eigenvalue weighted by Crippen LogP contribution is 2.33. The van der Waals surface area contributed by atoms with E-state index < -0.39 is 27.5 Å². The van der Waals surface area contributed by atoms with E-state index in [0.29, 0.717) is 15.4 Å². The van der Waals surface area contributed by atoms with Crippen molar-refractivity contribution >= 4 is 34.9 Å². The molecule has 0 aliphatic heterocycles. The van der Waals surface area contributed by atoms with Crippen LogP contribution >= 0.6 is 11.8 Å². The van der Waals surface area contributed by atoms with Crippen LogP contribution in [0, 0.1) is 5.82 Å². The highest BCUT2D eigenvalue weighted by Gasteiger charge is 2.19. The molecule has 0 saturated heterocycles. The van der Waals surface area contributed by atoms with Crippen molar-refractivity contribution in [3.63, 3.8) is 0 Å². The maximum atomic E-state index is 14.3. The Labute approximate surface area is 159 Å². The number of carbonyl (C=O) groups is 1. The van der Waals surface area contributed by atoms with Gasteiger partial charge in [-0.25, -0.2) is 13.4 Å². The van der Waals surface area contributed by atoms with Crippen LogP contribution in [0.5, 0.6) is 0 Å². The van der Waals surface area contributed by atoms with Crippen molar-refractivity contribution in [2.45, 2.75) is 35.3 Å². The minimum Gasteiger partial charge on any atom is -0.465 e. The molecule has 0 saturated carbocycles. The van der Waals surface area contributed by atoms with Crippen LogP contribution in [0.4, 0.5) is 4.39 Å². The average molecular weight is 394 g/mol. The first-order chi connectivity index (χ1) is 12.2. The Morgan fingerprint density at radius 1 is 1.15 bits per heavy atom. The van der Waals surface area contributed by atoms with Crippen LogP contribution in [0.3, 0.4) is 0 Å². The van der Waals surface area contributed by atoms with E-state index in [4.69, 9.17) is 4.74 Å². The molecule has 0 spiro atoms. The second kappa shape index (κ2) is 8.60. The van der Waals surface area contributed by atoms with Crippen molar-refractivity contribution in [1.82, 2.24) is 0 Å². The van der Waals surface area contributed by atoms with Crippen molar-refractivity contribution in [2.24, 2.45) is 4.40 Å². The maximum absolute atomic E-state index is 14.3. The molecule has 7 heteroatoms. The minimum atomic E-state index is -1.49. The summed E-state index contributed by atoms with van der Waals surface area (Å²) in [5.41, 5.74) is 0.625. The predicted octanol–water partition coefficient (Wildman–Crippen LogP) is 4.64. The number of methoxy groups -OCH3 is 1. The number of nitrogens with zero attached hydrogens (tertiary/aromatic N) is 1. The molecule has 1 unspecified atom stereocenters. The van der Waals surface area contributed by atoms with Gasteiger partial charge in [0.15, 0.2) is 0 Å². The first-order valence-electron chi connectivity index (χ1n) is 7.84. The van der Waals surface area contributed by atoms with Crippen LogP contribution in [-0.2, 0) is 15.7 Å². The first-order valence-corrected chi connectivity index (χ1v) is 9.76. The number of ether oxygens (including phenoxy) is 1. The quantitative estimate of drug-likeness (QED) is 0.548. The van der Waals surface area contributed by atoms with E-state index in [2.05, 4.69) is 4.40 Å². The van der Waals surface area contributed by atoms with Crippen molar-refractivity contribution in [3.05, 3.63) is 59.4 Å². The highest BCUT2D eigenvalue weighted by molar-refractivity contribution is 7.99. The van der Waals surface area contributed by atoms with E-state index in [1.165, 1.54) is 31.2 Å². The van der Waals surface area contributed by atoms with E-state index >= 15 is 0 Å². The number of esters is 1. The SMILES string of the molecule is COC(=O)c1ccccc1Sc1cccc(F)c1C=NS(=O)C(C)(C)C. The van der Waals surface area contributed by atoms with Gasteiger partial charge in [0.2, 0.25) is 0 Å². The zero-order valence-corrected chi connectivity index (χ0v) is 16.6. The second-order valence-corrected chi connectivity index (χ2v) is 9.36. The molecule has 0 aliphatic rings. The molecule has 0 fully saturated rings. The molecule has 0 aromatic heterocycles. The van der Waals surface area contributed by atoms with Crippen molar-refractivity contribution in [2.75, 3.05) is 7.11 Å². The number of carbonyl (C=O) groups excluding carboxylic acids is 1. The first kappa shape index (κ1) is 20.3. The lowest BCUT2D eigenvalue weighted by molar-refractivity contribution is 0.0597. The van der Waals surface area contributed by atoms with Gasteiger partial charge in [-0.05, 0) is 45.0 Å². The Bertz CT molecular complexity index is 860. The highest BCUT2D eigenvalue weighted by atomic mass is 32.2. The Morgan fingerprint density at radius 3 is 2.46 bits per heavy atom. The molecule has 1 atom stereocenters. The van der Waals surface area contributed by atoms with Crippen molar-refractivity contribution in [3.8, 4) is 0 Å². The summed E-state index contributed by atoms with van der Waals surface area (Å²) in [6.45, 7) is 5.39. The molecule has 0 N–H and O–H groups in total. The van der Waals surface area contributed by atoms with Crippen LogP contribution in [0.1, 0.15) is 36.7 Å². The fourth-order valence-corrected chi connectivity index (χ4v) is 3.51. The third kappa shape index (κ3) is 5.02. The van der Waals surface area contributed by atoms with Gasteiger partial charge in [-0.2, -0.15) is 4.40 Å². The van der Waals surface area contributed by atoms with Gasteiger partial charge in [-0.3, -0.25) is 0 Å². The third-order valence-electron chi connectivity index (χ3n) is 3.33. The molecule has 0 bridgehead atoms. The second-order valence-electron chi connectivity index (χ2n) is 6.34. The Kier molecular flexibility index (Phi) is 6.72. The Balaban J connectivity index is 2.41. The summed E-state index contributed by atoms with van der Waals surface area (Å²) in [6, 6.07) is 11.6. The standard InChI is InChI=1S/C19H20FNO3S2/c1-19(2,3)26(23)21-12-14-15(20)9-7-11-17(14)25-16-10-6-5-8-13(16)18(22)24-4/h5-12H,1-4H3. The summed E-state index contributed by atoms with van der Waals surface area (Å²) >= 11 is 1.23. The van der Waals surface area contributed by atoms with E-state index in [9.17, 15) is 13.4 Å². The third-order valence-corrected chi connectivity index (χ3v) is 5.82. The summed E-state index contributed by atoms with van der Waals surface area (Å²) < 4.78 is 34.7. The predicted molar refractivity (Wildman–Crippen MR) is 104 cm³/mol. The fraction of sp³-hybridized carbons (Fsp3) is 0.263. The van der Waals surface area contributed by atoms with Gasteiger partial charge in [-0.1, -0.05) is 30.0 Å². The van der Waals surface area contributed by atoms with Crippen molar-refractivity contribution in [1.29, 1.82) is 0 Å². The lowest BCUT2D eigenvalue weighted by atomic mass is 10.2. The van der Waals surface area contributed by atoms with Gasteiger partial charge in [0, 0.05) is 21.6 Å². The van der Waals surface area contributed by atoms with Crippen LogP contribution in [0.25, 0.3) is 0 Å². The molecule has 4 nitrogen and oxygen atoms in total. The molecule has 0 amide bonds. The largest absolute Gasteiger partial charge is 0.465 e. The van der Waals surface area contributed by atoms with Gasteiger partial charge >= 0.3 is 5.97 Å². The topological polar surface area (TPSA) is 55.7 Å². The van der Waals surface area contributed by atoms with E-state index in [-0.39, 0.29) is 5.56 Å². The molecule has 0 aliphatic carbocycles. The Hall–Kier alpha value is -1.99. The van der Waals surface area contributed by atoms with Crippen LogP contribution in [-0.4, -0.2) is 28.2 Å². The van der Waals surface area contributed by atoms with E-state index in [0.717, 1.165) is 0 Å². The van der Waals surface area contributed by atoms with Gasteiger partial charge in [0.05, 0.1) is 17.4 Å².